The van der Waals surface area contributed by atoms with Gasteiger partial charge in [0.25, 0.3) is 0 Å². The van der Waals surface area contributed by atoms with Gasteiger partial charge in [-0.05, 0) is 23.8 Å². The average molecular weight is 180 g/mol. The van der Waals surface area contributed by atoms with Gasteiger partial charge in [-0.2, -0.15) is 0 Å². The van der Waals surface area contributed by atoms with Gasteiger partial charge in [0.15, 0.2) is 12.1 Å². The number of rotatable bonds is 3. The van der Waals surface area contributed by atoms with Crippen molar-refractivity contribution in [1.82, 2.24) is 0 Å². The first-order chi connectivity index (χ1) is 6.26. The second kappa shape index (κ2) is 4.40. The third-order valence-electron chi connectivity index (χ3n) is 1.53. The number of methoxy groups -OCH3 is 1. The van der Waals surface area contributed by atoms with Crippen molar-refractivity contribution in [2.75, 3.05) is 7.11 Å². The smallest absolute Gasteiger partial charge is 0.178 e. The van der Waals surface area contributed by atoms with E-state index in [9.17, 15) is 9.18 Å². The highest BCUT2D eigenvalue weighted by Crippen LogP contribution is 2.13. The number of halogens is 1. The molecule has 0 amide bonds. The second-order valence-corrected chi connectivity index (χ2v) is 2.42. The Hall–Kier alpha value is -1.64. The molecule has 0 saturated carbocycles. The zero-order valence-electron chi connectivity index (χ0n) is 7.16. The summed E-state index contributed by atoms with van der Waals surface area (Å²) in [5, 5.41) is 0. The molecule has 0 fully saturated rings. The molecule has 0 radical (unpaired) electrons. The SMILES string of the molecule is COc1ccc(/C=C(/F)C=O)cc1. The van der Waals surface area contributed by atoms with Crippen LogP contribution in [-0.2, 0) is 4.79 Å². The summed E-state index contributed by atoms with van der Waals surface area (Å²) < 4.78 is 17.4. The van der Waals surface area contributed by atoms with E-state index >= 15 is 0 Å². The number of carbonyl (C=O) groups excluding carboxylic acids is 1. The Morgan fingerprint density at radius 3 is 2.46 bits per heavy atom. The molecule has 0 aliphatic heterocycles. The average Bonchev–Trinajstić information content (AvgIpc) is 2.19. The highest BCUT2D eigenvalue weighted by atomic mass is 19.1. The summed E-state index contributed by atoms with van der Waals surface area (Å²) >= 11 is 0. The molecule has 1 aromatic carbocycles. The molecular formula is C10H9FO2. The minimum atomic E-state index is -0.787. The fourth-order valence-electron chi connectivity index (χ4n) is 0.893. The normalized spacial score (nSPS) is 11.1. The van der Waals surface area contributed by atoms with Crippen LogP contribution in [0.1, 0.15) is 5.56 Å². The van der Waals surface area contributed by atoms with Gasteiger partial charge in [0.1, 0.15) is 5.75 Å². The van der Waals surface area contributed by atoms with E-state index in [0.717, 1.165) is 6.08 Å². The maximum absolute atomic E-state index is 12.5. The van der Waals surface area contributed by atoms with Crippen LogP contribution in [0.5, 0.6) is 5.75 Å². The summed E-state index contributed by atoms with van der Waals surface area (Å²) in [6.07, 6.45) is 1.33. The number of hydrogen-bond donors (Lipinski definition) is 0. The summed E-state index contributed by atoms with van der Waals surface area (Å²) in [7, 11) is 1.55. The molecule has 13 heavy (non-hydrogen) atoms. The molecule has 0 heterocycles. The highest BCUT2D eigenvalue weighted by Gasteiger charge is 1.93. The molecule has 2 nitrogen and oxygen atoms in total. The minimum Gasteiger partial charge on any atom is -0.497 e. The number of carbonyl (C=O) groups is 1. The first-order valence-corrected chi connectivity index (χ1v) is 3.72. The molecule has 0 unspecified atom stereocenters. The summed E-state index contributed by atoms with van der Waals surface area (Å²) in [4.78, 5) is 9.96. The number of allylic oxidation sites excluding steroid dienone is 1. The quantitative estimate of drug-likeness (QED) is 0.526. The monoisotopic (exact) mass is 180 g/mol. The summed E-state index contributed by atoms with van der Waals surface area (Å²) in [6, 6.07) is 6.73. The Labute approximate surface area is 75.6 Å². The predicted octanol–water partition coefficient (Wildman–Crippen LogP) is 2.20. The van der Waals surface area contributed by atoms with E-state index < -0.39 is 5.83 Å². The van der Waals surface area contributed by atoms with Crippen molar-refractivity contribution in [3.63, 3.8) is 0 Å². The van der Waals surface area contributed by atoms with Crippen molar-refractivity contribution >= 4 is 12.4 Å². The molecule has 0 N–H and O–H groups in total. The van der Waals surface area contributed by atoms with Gasteiger partial charge in [0, 0.05) is 0 Å². The molecule has 3 heteroatoms. The van der Waals surface area contributed by atoms with Crippen LogP contribution >= 0.6 is 0 Å². The maximum atomic E-state index is 12.5. The highest BCUT2D eigenvalue weighted by molar-refractivity contribution is 5.78. The molecule has 0 aliphatic carbocycles. The summed E-state index contributed by atoms with van der Waals surface area (Å²) in [5.41, 5.74) is 0.630. The van der Waals surface area contributed by atoms with E-state index in [-0.39, 0.29) is 6.29 Å². The molecule has 1 rings (SSSR count). The van der Waals surface area contributed by atoms with E-state index in [1.807, 2.05) is 0 Å². The number of ether oxygens (including phenoxy) is 1. The molecule has 1 aromatic rings. The van der Waals surface area contributed by atoms with Crippen LogP contribution in [0.3, 0.4) is 0 Å². The third-order valence-corrected chi connectivity index (χ3v) is 1.53. The van der Waals surface area contributed by atoms with Crippen LogP contribution in [0.4, 0.5) is 4.39 Å². The van der Waals surface area contributed by atoms with Gasteiger partial charge in [-0.25, -0.2) is 4.39 Å². The van der Waals surface area contributed by atoms with Crippen molar-refractivity contribution in [1.29, 1.82) is 0 Å². The summed E-state index contributed by atoms with van der Waals surface area (Å²) in [5.74, 6) is -0.0890. The molecule has 0 spiro atoms. The fraction of sp³-hybridized carbons (Fsp3) is 0.100. The lowest BCUT2D eigenvalue weighted by atomic mass is 10.2. The van der Waals surface area contributed by atoms with Crippen LogP contribution in [0.25, 0.3) is 6.08 Å². The van der Waals surface area contributed by atoms with E-state index in [2.05, 4.69) is 0 Å². The van der Waals surface area contributed by atoms with Crippen molar-refractivity contribution in [2.45, 2.75) is 0 Å². The molecule has 0 atom stereocenters. The molecule has 0 bridgehead atoms. The van der Waals surface area contributed by atoms with Crippen LogP contribution in [-0.4, -0.2) is 13.4 Å². The van der Waals surface area contributed by atoms with Gasteiger partial charge in [-0.3, -0.25) is 4.79 Å². The van der Waals surface area contributed by atoms with Crippen molar-refractivity contribution < 1.29 is 13.9 Å². The maximum Gasteiger partial charge on any atom is 0.178 e. The zero-order chi connectivity index (χ0) is 9.68. The Bertz CT molecular complexity index is 314. The van der Waals surface area contributed by atoms with Crippen LogP contribution in [0.15, 0.2) is 30.1 Å². The lowest BCUT2D eigenvalue weighted by Gasteiger charge is -1.98. The Morgan fingerprint density at radius 2 is 2.00 bits per heavy atom. The van der Waals surface area contributed by atoms with E-state index in [4.69, 9.17) is 4.74 Å². The van der Waals surface area contributed by atoms with Crippen molar-refractivity contribution in [2.24, 2.45) is 0 Å². The summed E-state index contributed by atoms with van der Waals surface area (Å²) in [6.45, 7) is 0. The second-order valence-electron chi connectivity index (χ2n) is 2.42. The van der Waals surface area contributed by atoms with E-state index in [0.29, 0.717) is 11.3 Å². The van der Waals surface area contributed by atoms with E-state index in [1.54, 1.807) is 31.4 Å². The van der Waals surface area contributed by atoms with Gasteiger partial charge in [0.05, 0.1) is 7.11 Å². The van der Waals surface area contributed by atoms with Gasteiger partial charge in [-0.1, -0.05) is 12.1 Å². The van der Waals surface area contributed by atoms with Crippen LogP contribution < -0.4 is 4.74 Å². The van der Waals surface area contributed by atoms with Crippen LogP contribution in [0, 0.1) is 0 Å². The number of aldehydes is 1. The van der Waals surface area contributed by atoms with E-state index in [1.165, 1.54) is 0 Å². The molecule has 0 aromatic heterocycles. The number of benzene rings is 1. The largest absolute Gasteiger partial charge is 0.497 e. The molecule has 0 aliphatic rings. The van der Waals surface area contributed by atoms with Crippen LogP contribution in [0.2, 0.25) is 0 Å². The van der Waals surface area contributed by atoms with Gasteiger partial charge in [-0.15, -0.1) is 0 Å². The Balaban J connectivity index is 2.86. The fourth-order valence-corrected chi connectivity index (χ4v) is 0.893. The topological polar surface area (TPSA) is 26.3 Å². The van der Waals surface area contributed by atoms with Crippen molar-refractivity contribution in [3.05, 3.63) is 35.7 Å². The number of hydrogen-bond acceptors (Lipinski definition) is 2. The molecule has 0 saturated heterocycles. The van der Waals surface area contributed by atoms with Gasteiger partial charge >= 0.3 is 0 Å². The third kappa shape index (κ3) is 2.71. The van der Waals surface area contributed by atoms with Gasteiger partial charge in [0.2, 0.25) is 0 Å². The standard InChI is InChI=1S/C10H9FO2/c1-13-10-4-2-8(3-5-10)6-9(11)7-12/h2-7H,1H3/b9-6+. The zero-order valence-corrected chi connectivity index (χ0v) is 7.16. The minimum absolute atomic E-state index is 0.171. The first-order valence-electron chi connectivity index (χ1n) is 3.72. The predicted molar refractivity (Wildman–Crippen MR) is 48.1 cm³/mol. The van der Waals surface area contributed by atoms with Gasteiger partial charge < -0.3 is 4.74 Å². The Morgan fingerprint density at radius 1 is 1.38 bits per heavy atom. The Kier molecular flexibility index (Phi) is 3.20. The lowest BCUT2D eigenvalue weighted by molar-refractivity contribution is -0.106. The molecular weight excluding hydrogens is 171 g/mol. The first kappa shape index (κ1) is 9.45. The molecule has 68 valence electrons. The lowest BCUT2D eigenvalue weighted by Crippen LogP contribution is -1.82. The van der Waals surface area contributed by atoms with Crippen molar-refractivity contribution in [3.8, 4) is 5.75 Å².